The number of halogens is 1. The van der Waals surface area contributed by atoms with Gasteiger partial charge >= 0.3 is 0 Å². The van der Waals surface area contributed by atoms with Gasteiger partial charge in [-0.25, -0.2) is 19.3 Å². The fraction of sp³-hybridized carbons (Fsp3) is 0.154. The lowest BCUT2D eigenvalue weighted by atomic mass is 10.1. The summed E-state index contributed by atoms with van der Waals surface area (Å²) in [6, 6.07) is 2.60. The van der Waals surface area contributed by atoms with E-state index in [4.69, 9.17) is 0 Å². The van der Waals surface area contributed by atoms with Gasteiger partial charge in [0.05, 0.1) is 18.1 Å². The number of imidazole rings is 1. The second kappa shape index (κ2) is 4.01. The number of aromatic hydroxyl groups is 1. The van der Waals surface area contributed by atoms with Crippen molar-refractivity contribution in [2.24, 2.45) is 7.05 Å². The van der Waals surface area contributed by atoms with E-state index in [2.05, 4.69) is 15.0 Å². The van der Waals surface area contributed by atoms with Crippen molar-refractivity contribution in [2.75, 3.05) is 0 Å². The molecule has 0 aliphatic rings. The third kappa shape index (κ3) is 1.81. The molecule has 19 heavy (non-hydrogen) atoms. The van der Waals surface area contributed by atoms with Gasteiger partial charge in [0.15, 0.2) is 11.5 Å². The van der Waals surface area contributed by atoms with E-state index in [1.54, 1.807) is 24.0 Å². The van der Waals surface area contributed by atoms with Crippen LogP contribution in [0.4, 0.5) is 4.39 Å². The predicted molar refractivity (Wildman–Crippen MR) is 68.1 cm³/mol. The topological polar surface area (TPSA) is 63.8 Å². The number of phenolic OH excluding ortho intramolecular Hbond substituents is 1. The van der Waals surface area contributed by atoms with E-state index >= 15 is 0 Å². The van der Waals surface area contributed by atoms with Crippen LogP contribution in [0, 0.1) is 12.7 Å². The van der Waals surface area contributed by atoms with E-state index in [9.17, 15) is 9.50 Å². The first-order chi connectivity index (χ1) is 9.06. The molecule has 96 valence electrons. The Morgan fingerprint density at radius 1 is 1.26 bits per heavy atom. The molecule has 0 unspecified atom stereocenters. The molecule has 0 amide bonds. The molecule has 0 saturated carbocycles. The van der Waals surface area contributed by atoms with Crippen LogP contribution in [0.2, 0.25) is 0 Å². The van der Waals surface area contributed by atoms with Crippen LogP contribution in [-0.2, 0) is 7.05 Å². The number of rotatable bonds is 1. The molecule has 2 aromatic heterocycles. The third-order valence-electron chi connectivity index (χ3n) is 2.98. The highest BCUT2D eigenvalue weighted by atomic mass is 19.1. The maximum Gasteiger partial charge on any atom is 0.164 e. The summed E-state index contributed by atoms with van der Waals surface area (Å²) in [6.45, 7) is 1.70. The molecule has 3 aromatic rings. The summed E-state index contributed by atoms with van der Waals surface area (Å²) >= 11 is 0. The summed E-state index contributed by atoms with van der Waals surface area (Å²) in [4.78, 5) is 12.5. The summed E-state index contributed by atoms with van der Waals surface area (Å²) < 4.78 is 15.6. The summed E-state index contributed by atoms with van der Waals surface area (Å²) in [6.07, 6.45) is 3.18. The van der Waals surface area contributed by atoms with Gasteiger partial charge in [-0.15, -0.1) is 0 Å². The standard InChI is InChI=1S/C13H11FN4O/c1-7-3-8(9(14)4-11(7)19)12-15-5-10-13(17-12)18(2)6-16-10/h3-6,19H,1-2H3. The van der Waals surface area contributed by atoms with E-state index < -0.39 is 5.82 Å². The summed E-state index contributed by atoms with van der Waals surface area (Å²) in [5.41, 5.74) is 2.13. The number of nitrogens with zero attached hydrogens (tertiary/aromatic N) is 4. The number of phenols is 1. The van der Waals surface area contributed by atoms with Crippen molar-refractivity contribution >= 4 is 11.2 Å². The first-order valence-electron chi connectivity index (χ1n) is 5.70. The highest BCUT2D eigenvalue weighted by Crippen LogP contribution is 2.27. The molecule has 0 fully saturated rings. The predicted octanol–water partition coefficient (Wildman–Crippen LogP) is 2.18. The molecular formula is C13H11FN4O. The SMILES string of the molecule is Cc1cc(-c2ncc3ncn(C)c3n2)c(F)cc1O. The Kier molecular flexibility index (Phi) is 2.45. The number of hydrogen-bond donors (Lipinski definition) is 1. The van der Waals surface area contributed by atoms with Crippen LogP contribution in [0.5, 0.6) is 5.75 Å². The van der Waals surface area contributed by atoms with Crippen LogP contribution in [0.3, 0.4) is 0 Å². The normalized spacial score (nSPS) is 11.1. The Labute approximate surface area is 108 Å². The van der Waals surface area contributed by atoms with Crippen molar-refractivity contribution in [3.05, 3.63) is 36.0 Å². The van der Waals surface area contributed by atoms with Crippen molar-refractivity contribution in [2.45, 2.75) is 6.92 Å². The van der Waals surface area contributed by atoms with Crippen molar-refractivity contribution < 1.29 is 9.50 Å². The number of benzene rings is 1. The molecule has 6 heteroatoms. The van der Waals surface area contributed by atoms with Crippen LogP contribution in [0.1, 0.15) is 5.56 Å². The quantitative estimate of drug-likeness (QED) is 0.726. The number of aromatic nitrogens is 4. The zero-order chi connectivity index (χ0) is 13.6. The zero-order valence-corrected chi connectivity index (χ0v) is 10.4. The molecule has 0 bridgehead atoms. The van der Waals surface area contributed by atoms with Gasteiger partial charge < -0.3 is 9.67 Å². The Bertz CT molecular complexity index is 782. The van der Waals surface area contributed by atoms with Crippen LogP contribution in [0.25, 0.3) is 22.6 Å². The maximum atomic E-state index is 13.9. The molecule has 0 aliphatic heterocycles. The van der Waals surface area contributed by atoms with Gasteiger partial charge in [0.1, 0.15) is 17.1 Å². The van der Waals surface area contributed by atoms with E-state index in [0.717, 1.165) is 6.07 Å². The fourth-order valence-electron chi connectivity index (χ4n) is 1.89. The van der Waals surface area contributed by atoms with Crippen molar-refractivity contribution in [1.82, 2.24) is 19.5 Å². The Balaban J connectivity index is 2.24. The van der Waals surface area contributed by atoms with Gasteiger partial charge in [-0.2, -0.15) is 0 Å². The number of aryl methyl sites for hydroxylation is 2. The maximum absolute atomic E-state index is 13.9. The third-order valence-corrected chi connectivity index (χ3v) is 2.98. The highest BCUT2D eigenvalue weighted by molar-refractivity contribution is 5.73. The number of fused-ring (bicyclic) bond motifs is 1. The zero-order valence-electron chi connectivity index (χ0n) is 10.4. The van der Waals surface area contributed by atoms with E-state index in [-0.39, 0.29) is 17.1 Å². The summed E-state index contributed by atoms with van der Waals surface area (Å²) in [7, 11) is 1.81. The van der Waals surface area contributed by atoms with Gasteiger partial charge in [-0.3, -0.25) is 0 Å². The molecule has 1 N–H and O–H groups in total. The van der Waals surface area contributed by atoms with Gasteiger partial charge in [0, 0.05) is 13.1 Å². The van der Waals surface area contributed by atoms with E-state index in [0.29, 0.717) is 16.7 Å². The molecule has 2 heterocycles. The van der Waals surface area contributed by atoms with Crippen molar-refractivity contribution in [3.8, 4) is 17.1 Å². The van der Waals surface area contributed by atoms with Gasteiger partial charge in [-0.05, 0) is 18.6 Å². The first kappa shape index (κ1) is 11.6. The summed E-state index contributed by atoms with van der Waals surface area (Å²) in [5.74, 6) is -0.357. The first-order valence-corrected chi connectivity index (χ1v) is 5.70. The van der Waals surface area contributed by atoms with Crippen molar-refractivity contribution in [1.29, 1.82) is 0 Å². The summed E-state index contributed by atoms with van der Waals surface area (Å²) in [5, 5.41) is 9.46. The lowest BCUT2D eigenvalue weighted by Gasteiger charge is -2.05. The van der Waals surface area contributed by atoms with Crippen molar-refractivity contribution in [3.63, 3.8) is 0 Å². The molecule has 0 radical (unpaired) electrons. The molecule has 1 aromatic carbocycles. The second-order valence-electron chi connectivity index (χ2n) is 4.38. The van der Waals surface area contributed by atoms with E-state index in [1.165, 1.54) is 6.07 Å². The average molecular weight is 258 g/mol. The lowest BCUT2D eigenvalue weighted by molar-refractivity contribution is 0.465. The molecule has 0 saturated heterocycles. The molecular weight excluding hydrogens is 247 g/mol. The van der Waals surface area contributed by atoms with Crippen LogP contribution in [-0.4, -0.2) is 24.6 Å². The van der Waals surface area contributed by atoms with Crippen LogP contribution >= 0.6 is 0 Å². The Morgan fingerprint density at radius 3 is 2.84 bits per heavy atom. The van der Waals surface area contributed by atoms with Crippen LogP contribution in [0.15, 0.2) is 24.7 Å². The Morgan fingerprint density at radius 2 is 2.05 bits per heavy atom. The molecule has 3 rings (SSSR count). The minimum absolute atomic E-state index is 0.0807. The average Bonchev–Trinajstić information content (AvgIpc) is 2.75. The molecule has 0 atom stereocenters. The monoisotopic (exact) mass is 258 g/mol. The minimum Gasteiger partial charge on any atom is -0.508 e. The molecule has 0 spiro atoms. The van der Waals surface area contributed by atoms with Crippen LogP contribution < -0.4 is 0 Å². The lowest BCUT2D eigenvalue weighted by Crippen LogP contribution is -1.96. The molecule has 5 nitrogen and oxygen atoms in total. The van der Waals surface area contributed by atoms with Gasteiger partial charge in [0.2, 0.25) is 0 Å². The number of hydrogen-bond acceptors (Lipinski definition) is 4. The smallest absolute Gasteiger partial charge is 0.164 e. The Hall–Kier alpha value is -2.50. The largest absolute Gasteiger partial charge is 0.508 e. The van der Waals surface area contributed by atoms with Gasteiger partial charge in [0.25, 0.3) is 0 Å². The van der Waals surface area contributed by atoms with Gasteiger partial charge in [-0.1, -0.05) is 0 Å². The van der Waals surface area contributed by atoms with E-state index in [1.807, 2.05) is 7.05 Å². The minimum atomic E-state index is -0.551. The second-order valence-corrected chi connectivity index (χ2v) is 4.38. The highest BCUT2D eigenvalue weighted by Gasteiger charge is 2.13. The fourth-order valence-corrected chi connectivity index (χ4v) is 1.89. The molecule has 0 aliphatic carbocycles.